The van der Waals surface area contributed by atoms with Crippen LogP contribution in [0.5, 0.6) is 17.2 Å². The maximum Gasteiger partial charge on any atom is 0.271 e. The molecule has 0 N–H and O–H groups in total. The van der Waals surface area contributed by atoms with Crippen molar-refractivity contribution in [3.63, 3.8) is 0 Å². The molecule has 1 unspecified atom stereocenters. The first-order valence-electron chi connectivity index (χ1n) is 12.7. The molecule has 2 heterocycles. The fourth-order valence-electron chi connectivity index (χ4n) is 5.33. The van der Waals surface area contributed by atoms with Crippen molar-refractivity contribution in [2.24, 2.45) is 4.99 Å². The van der Waals surface area contributed by atoms with E-state index in [1.807, 2.05) is 54.0 Å². The van der Waals surface area contributed by atoms with E-state index in [4.69, 9.17) is 19.2 Å². The maximum atomic E-state index is 14.0. The molecule has 3 aromatic carbocycles. The highest BCUT2D eigenvalue weighted by Gasteiger charge is 2.32. The molecular formula is C31H28N2O4S. The van der Waals surface area contributed by atoms with Gasteiger partial charge in [0.05, 0.1) is 37.1 Å². The summed E-state index contributed by atoms with van der Waals surface area (Å²) >= 11 is 1.41. The van der Waals surface area contributed by atoms with Crippen LogP contribution >= 0.6 is 11.3 Å². The molecule has 0 fully saturated rings. The Morgan fingerprint density at radius 2 is 1.87 bits per heavy atom. The molecule has 0 spiro atoms. The highest BCUT2D eigenvalue weighted by Crippen LogP contribution is 2.41. The first-order chi connectivity index (χ1) is 18.6. The van der Waals surface area contributed by atoms with Crippen molar-refractivity contribution in [1.82, 2.24) is 4.57 Å². The number of aryl methyl sites for hydroxylation is 1. The average molecular weight is 525 g/mol. The third kappa shape index (κ3) is 4.13. The number of hydrogen-bond donors (Lipinski definition) is 0. The molecule has 1 aromatic heterocycles. The summed E-state index contributed by atoms with van der Waals surface area (Å²) in [4.78, 5) is 19.8. The van der Waals surface area contributed by atoms with E-state index in [1.54, 1.807) is 14.2 Å². The molecule has 4 aromatic rings. The highest BCUT2D eigenvalue weighted by atomic mass is 32.1. The molecule has 38 heavy (non-hydrogen) atoms. The van der Waals surface area contributed by atoms with Crippen LogP contribution in [-0.4, -0.2) is 25.4 Å². The number of fused-ring (bicyclic) bond motifs is 3. The van der Waals surface area contributed by atoms with E-state index >= 15 is 0 Å². The zero-order chi connectivity index (χ0) is 26.2. The largest absolute Gasteiger partial charge is 0.497 e. The fourth-order valence-corrected chi connectivity index (χ4v) is 6.34. The number of thiazole rings is 1. The molecule has 0 bridgehead atoms. The van der Waals surface area contributed by atoms with Gasteiger partial charge in [0.25, 0.3) is 5.56 Å². The second-order valence-corrected chi connectivity index (χ2v) is 10.2. The van der Waals surface area contributed by atoms with Crippen molar-refractivity contribution in [2.45, 2.75) is 25.8 Å². The third-order valence-corrected chi connectivity index (χ3v) is 8.05. The minimum atomic E-state index is -0.248. The molecular weight excluding hydrogens is 496 g/mol. The molecule has 2 aliphatic rings. The first-order valence-corrected chi connectivity index (χ1v) is 13.5. The Hall–Kier alpha value is -4.10. The summed E-state index contributed by atoms with van der Waals surface area (Å²) in [5, 5.41) is 0. The number of aromatic nitrogens is 1. The lowest BCUT2D eigenvalue weighted by molar-refractivity contribution is 0.311. The van der Waals surface area contributed by atoms with E-state index in [0.29, 0.717) is 27.4 Å². The zero-order valence-electron chi connectivity index (χ0n) is 21.6. The van der Waals surface area contributed by atoms with Gasteiger partial charge in [-0.25, -0.2) is 4.99 Å². The Labute approximate surface area is 224 Å². The van der Waals surface area contributed by atoms with Crippen molar-refractivity contribution < 1.29 is 14.2 Å². The fraction of sp³-hybridized carbons (Fsp3) is 0.226. The molecule has 1 aliphatic heterocycles. The van der Waals surface area contributed by atoms with Crippen molar-refractivity contribution >= 4 is 23.1 Å². The van der Waals surface area contributed by atoms with E-state index in [-0.39, 0.29) is 11.6 Å². The quantitative estimate of drug-likeness (QED) is 0.366. The molecule has 6 rings (SSSR count). The summed E-state index contributed by atoms with van der Waals surface area (Å²) in [6, 6.07) is 21.9. The van der Waals surface area contributed by atoms with Crippen LogP contribution in [0.15, 0.2) is 82.1 Å². The van der Waals surface area contributed by atoms with Crippen LogP contribution in [-0.2, 0) is 6.42 Å². The Bertz CT molecular complexity index is 1750. The third-order valence-electron chi connectivity index (χ3n) is 7.07. The smallest absolute Gasteiger partial charge is 0.271 e. The molecule has 7 heteroatoms. The minimum Gasteiger partial charge on any atom is -0.497 e. The van der Waals surface area contributed by atoms with Crippen LogP contribution in [0, 0.1) is 0 Å². The van der Waals surface area contributed by atoms with Gasteiger partial charge in [-0.2, -0.15) is 0 Å². The lowest BCUT2D eigenvalue weighted by atomic mass is 9.83. The van der Waals surface area contributed by atoms with Crippen molar-refractivity contribution in [2.75, 3.05) is 20.8 Å². The van der Waals surface area contributed by atoms with Gasteiger partial charge in [0.15, 0.2) is 16.3 Å². The average Bonchev–Trinajstić information content (AvgIpc) is 3.26. The maximum absolute atomic E-state index is 14.0. The Morgan fingerprint density at radius 3 is 2.68 bits per heavy atom. The summed E-state index contributed by atoms with van der Waals surface area (Å²) in [6.07, 6.45) is 3.67. The second kappa shape index (κ2) is 9.99. The molecule has 1 aliphatic carbocycles. The number of nitrogens with zero attached hydrogens (tertiary/aromatic N) is 2. The predicted molar refractivity (Wildman–Crippen MR) is 150 cm³/mol. The molecule has 0 saturated carbocycles. The van der Waals surface area contributed by atoms with E-state index in [1.165, 1.54) is 22.5 Å². The van der Waals surface area contributed by atoms with Crippen molar-refractivity contribution in [3.05, 3.63) is 114 Å². The van der Waals surface area contributed by atoms with E-state index in [2.05, 4.69) is 30.3 Å². The van der Waals surface area contributed by atoms with Crippen LogP contribution in [0.1, 0.15) is 41.6 Å². The number of ether oxygens (including phenoxy) is 3. The van der Waals surface area contributed by atoms with E-state index < -0.39 is 0 Å². The number of allylic oxidation sites excluding steroid dienone is 1. The Morgan fingerprint density at radius 1 is 1.00 bits per heavy atom. The summed E-state index contributed by atoms with van der Waals surface area (Å²) < 4.78 is 19.2. The van der Waals surface area contributed by atoms with Crippen LogP contribution in [0.3, 0.4) is 0 Å². The van der Waals surface area contributed by atoms with Gasteiger partial charge >= 0.3 is 0 Å². The molecule has 0 amide bonds. The number of rotatable bonds is 6. The lowest BCUT2D eigenvalue weighted by Gasteiger charge is -2.31. The van der Waals surface area contributed by atoms with Gasteiger partial charge in [-0.15, -0.1) is 0 Å². The van der Waals surface area contributed by atoms with E-state index in [0.717, 1.165) is 41.0 Å². The van der Waals surface area contributed by atoms with Crippen LogP contribution in [0.4, 0.5) is 0 Å². The van der Waals surface area contributed by atoms with Gasteiger partial charge in [-0.3, -0.25) is 9.36 Å². The molecule has 192 valence electrons. The molecule has 0 saturated heterocycles. The van der Waals surface area contributed by atoms with Gasteiger partial charge in [-0.1, -0.05) is 53.8 Å². The molecule has 1 atom stereocenters. The van der Waals surface area contributed by atoms with Gasteiger partial charge in [-0.05, 0) is 72.4 Å². The Kier molecular flexibility index (Phi) is 6.37. The monoisotopic (exact) mass is 524 g/mol. The zero-order valence-corrected chi connectivity index (χ0v) is 22.4. The van der Waals surface area contributed by atoms with Crippen LogP contribution in [0.25, 0.3) is 11.8 Å². The first kappa shape index (κ1) is 24.2. The lowest BCUT2D eigenvalue weighted by Crippen LogP contribution is -2.38. The topological polar surface area (TPSA) is 62.0 Å². The SMILES string of the molecule is CCOc1ccc(C=c2sc3n(c2=O)C(c2cccc(OC)c2)C2=C(N=3)c3ccccc3CC2)cc1OC. The second-order valence-electron chi connectivity index (χ2n) is 9.23. The van der Waals surface area contributed by atoms with Gasteiger partial charge in [0, 0.05) is 5.56 Å². The minimum absolute atomic E-state index is 0.0557. The normalized spacial score (nSPS) is 16.3. The summed E-state index contributed by atoms with van der Waals surface area (Å²) in [5.41, 5.74) is 6.41. The summed E-state index contributed by atoms with van der Waals surface area (Å²) in [6.45, 7) is 2.48. The number of hydrogen-bond acceptors (Lipinski definition) is 6. The highest BCUT2D eigenvalue weighted by molar-refractivity contribution is 7.07. The molecule has 0 radical (unpaired) electrons. The predicted octanol–water partition coefficient (Wildman–Crippen LogP) is 4.73. The summed E-state index contributed by atoms with van der Waals surface area (Å²) in [7, 11) is 3.28. The van der Waals surface area contributed by atoms with Gasteiger partial charge < -0.3 is 14.2 Å². The number of benzene rings is 3. The van der Waals surface area contributed by atoms with Crippen LogP contribution in [0.2, 0.25) is 0 Å². The van der Waals surface area contributed by atoms with Crippen molar-refractivity contribution in [3.8, 4) is 17.2 Å². The van der Waals surface area contributed by atoms with Crippen molar-refractivity contribution in [1.29, 1.82) is 0 Å². The van der Waals surface area contributed by atoms with Crippen LogP contribution < -0.4 is 29.1 Å². The van der Waals surface area contributed by atoms with E-state index in [9.17, 15) is 4.79 Å². The number of methoxy groups -OCH3 is 2. The Balaban J connectivity index is 1.56. The molecule has 6 nitrogen and oxygen atoms in total. The van der Waals surface area contributed by atoms with Gasteiger partial charge in [0.2, 0.25) is 0 Å². The standard InChI is InChI=1S/C31H28N2O4S/c1-4-37-25-15-12-19(16-26(25)36-3)17-27-30(34)33-29(21-9-7-10-22(18-21)35-2)24-14-13-20-8-5-6-11-23(20)28(24)32-31(33)38-27/h5-12,15-18,29H,4,13-14H2,1-3H3. The van der Waals surface area contributed by atoms with Gasteiger partial charge in [0.1, 0.15) is 5.75 Å². The summed E-state index contributed by atoms with van der Waals surface area (Å²) in [5.74, 6) is 2.08.